The van der Waals surface area contributed by atoms with Crippen molar-refractivity contribution in [2.24, 2.45) is 5.92 Å². The second-order valence-corrected chi connectivity index (χ2v) is 7.20. The van der Waals surface area contributed by atoms with Crippen LogP contribution in [0.3, 0.4) is 0 Å². The minimum absolute atomic E-state index is 0.0628. The lowest BCUT2D eigenvalue weighted by Gasteiger charge is -2.30. The van der Waals surface area contributed by atoms with E-state index in [1.54, 1.807) is 6.20 Å². The number of aliphatic hydroxyl groups is 1. The molecule has 0 spiro atoms. The van der Waals surface area contributed by atoms with Crippen LogP contribution in [0, 0.1) is 5.92 Å². The number of benzene rings is 1. The van der Waals surface area contributed by atoms with Gasteiger partial charge in [-0.05, 0) is 18.4 Å². The summed E-state index contributed by atoms with van der Waals surface area (Å²) in [6.45, 7) is 0.146. The van der Waals surface area contributed by atoms with Crippen LogP contribution in [0.15, 0.2) is 36.5 Å². The highest BCUT2D eigenvalue weighted by Gasteiger charge is 2.26. The lowest BCUT2D eigenvalue weighted by Crippen LogP contribution is -2.43. The van der Waals surface area contributed by atoms with Gasteiger partial charge in [0.25, 0.3) is 5.91 Å². The quantitative estimate of drug-likeness (QED) is 0.886. The molecule has 2 unspecified atom stereocenters. The number of aromatic nitrogens is 1. The van der Waals surface area contributed by atoms with Gasteiger partial charge in [0.2, 0.25) is 0 Å². The Labute approximate surface area is 140 Å². The predicted molar refractivity (Wildman–Crippen MR) is 91.7 cm³/mol. The van der Waals surface area contributed by atoms with Crippen LogP contribution < -0.4 is 5.32 Å². The molecule has 0 saturated heterocycles. The van der Waals surface area contributed by atoms with Crippen LogP contribution in [0.25, 0.3) is 0 Å². The maximum absolute atomic E-state index is 12.4. The molecule has 0 aliphatic heterocycles. The van der Waals surface area contributed by atoms with Gasteiger partial charge in [0.05, 0.1) is 11.2 Å². The molecule has 1 heterocycles. The van der Waals surface area contributed by atoms with Crippen LogP contribution in [0.5, 0.6) is 0 Å². The second-order valence-electron chi connectivity index (χ2n) is 6.09. The summed E-state index contributed by atoms with van der Waals surface area (Å²) in [6, 6.07) is 10.2. The molecule has 1 aromatic carbocycles. The van der Waals surface area contributed by atoms with Crippen molar-refractivity contribution in [2.75, 3.05) is 6.61 Å². The van der Waals surface area contributed by atoms with E-state index < -0.39 is 0 Å². The highest BCUT2D eigenvalue weighted by atomic mass is 32.1. The van der Waals surface area contributed by atoms with Gasteiger partial charge in [0.1, 0.15) is 4.88 Å². The fourth-order valence-electron chi connectivity index (χ4n) is 3.12. The number of carbonyl (C=O) groups excluding carboxylic acids is 1. The molecular formula is C18H22N2O2S. The molecule has 5 heteroatoms. The summed E-state index contributed by atoms with van der Waals surface area (Å²) in [7, 11) is 0. The number of hydrogen-bond acceptors (Lipinski definition) is 4. The maximum atomic E-state index is 12.4. The van der Waals surface area contributed by atoms with Crippen molar-refractivity contribution in [3.8, 4) is 0 Å². The van der Waals surface area contributed by atoms with Gasteiger partial charge in [-0.3, -0.25) is 4.79 Å². The van der Waals surface area contributed by atoms with Crippen LogP contribution in [0.4, 0.5) is 0 Å². The van der Waals surface area contributed by atoms with Gasteiger partial charge in [0.15, 0.2) is 0 Å². The Morgan fingerprint density at radius 1 is 1.26 bits per heavy atom. The van der Waals surface area contributed by atoms with Gasteiger partial charge < -0.3 is 10.4 Å². The molecule has 2 aromatic rings. The summed E-state index contributed by atoms with van der Waals surface area (Å²) < 4.78 is 0. The van der Waals surface area contributed by atoms with Gasteiger partial charge in [-0.25, -0.2) is 4.98 Å². The highest BCUT2D eigenvalue weighted by molar-refractivity contribution is 7.13. The Morgan fingerprint density at radius 3 is 2.83 bits per heavy atom. The zero-order valence-corrected chi connectivity index (χ0v) is 13.9. The average molecular weight is 330 g/mol. The number of rotatable bonds is 5. The van der Waals surface area contributed by atoms with E-state index in [1.165, 1.54) is 16.9 Å². The zero-order valence-electron chi connectivity index (χ0n) is 13.1. The van der Waals surface area contributed by atoms with E-state index in [9.17, 15) is 9.90 Å². The molecular weight excluding hydrogens is 308 g/mol. The molecule has 0 radical (unpaired) electrons. The number of amides is 1. The molecule has 1 amide bonds. The molecule has 2 N–H and O–H groups in total. The standard InChI is InChI=1S/C18H22N2O2S/c21-12-14-8-4-5-9-15(14)20-18(22)16-11-19-17(23-16)10-13-6-2-1-3-7-13/h1-3,6-7,11,14-15,21H,4-5,8-10,12H2,(H,20,22). The van der Waals surface area contributed by atoms with Crippen LogP contribution in [0.2, 0.25) is 0 Å². The van der Waals surface area contributed by atoms with Crippen molar-refractivity contribution in [3.63, 3.8) is 0 Å². The molecule has 1 saturated carbocycles. The molecule has 0 bridgehead atoms. The normalized spacial score (nSPS) is 21.1. The fraction of sp³-hybridized carbons (Fsp3) is 0.444. The lowest BCUT2D eigenvalue weighted by molar-refractivity contribution is 0.0876. The summed E-state index contributed by atoms with van der Waals surface area (Å²) in [5.41, 5.74) is 1.20. The number of hydrogen-bond donors (Lipinski definition) is 2. The van der Waals surface area contributed by atoms with Crippen LogP contribution in [-0.2, 0) is 6.42 Å². The third-order valence-corrected chi connectivity index (χ3v) is 5.43. The summed E-state index contributed by atoms with van der Waals surface area (Å²) in [5.74, 6) is 0.122. The van der Waals surface area contributed by atoms with Crippen LogP contribution in [0.1, 0.15) is 45.9 Å². The van der Waals surface area contributed by atoms with Crippen molar-refractivity contribution >= 4 is 17.2 Å². The number of carbonyl (C=O) groups is 1. The first-order valence-corrected chi connectivity index (χ1v) is 8.98. The van der Waals surface area contributed by atoms with E-state index in [-0.39, 0.29) is 24.5 Å². The van der Waals surface area contributed by atoms with Gasteiger partial charge in [-0.2, -0.15) is 0 Å². The topological polar surface area (TPSA) is 62.2 Å². The molecule has 1 aromatic heterocycles. The van der Waals surface area contributed by atoms with E-state index in [1.807, 2.05) is 18.2 Å². The molecule has 1 fully saturated rings. The Bertz CT molecular complexity index is 641. The first kappa shape index (κ1) is 16.1. The molecule has 122 valence electrons. The van der Waals surface area contributed by atoms with Gasteiger partial charge in [-0.15, -0.1) is 11.3 Å². The van der Waals surface area contributed by atoms with Gasteiger partial charge in [-0.1, -0.05) is 43.2 Å². The number of thiazole rings is 1. The number of nitrogens with one attached hydrogen (secondary N) is 1. The third-order valence-electron chi connectivity index (χ3n) is 4.44. The van der Waals surface area contributed by atoms with Crippen LogP contribution >= 0.6 is 11.3 Å². The van der Waals surface area contributed by atoms with Crippen molar-refractivity contribution in [3.05, 3.63) is 52.0 Å². The Hall–Kier alpha value is -1.72. The highest BCUT2D eigenvalue weighted by Crippen LogP contribution is 2.25. The average Bonchev–Trinajstić information content (AvgIpc) is 3.05. The minimum Gasteiger partial charge on any atom is -0.396 e. The third kappa shape index (κ3) is 4.18. The molecule has 2 atom stereocenters. The fourth-order valence-corrected chi connectivity index (χ4v) is 3.98. The van der Waals surface area contributed by atoms with Crippen molar-refractivity contribution in [1.29, 1.82) is 0 Å². The summed E-state index contributed by atoms with van der Waals surface area (Å²) in [6.07, 6.45) is 6.61. The molecule has 4 nitrogen and oxygen atoms in total. The van der Waals surface area contributed by atoms with Crippen LogP contribution in [-0.4, -0.2) is 28.6 Å². The predicted octanol–water partition coefficient (Wildman–Crippen LogP) is 3.01. The maximum Gasteiger partial charge on any atom is 0.263 e. The van der Waals surface area contributed by atoms with Gasteiger partial charge in [0, 0.05) is 25.0 Å². The van der Waals surface area contributed by atoms with E-state index >= 15 is 0 Å². The molecule has 1 aliphatic carbocycles. The smallest absolute Gasteiger partial charge is 0.263 e. The van der Waals surface area contributed by atoms with E-state index in [4.69, 9.17) is 0 Å². The molecule has 23 heavy (non-hydrogen) atoms. The monoisotopic (exact) mass is 330 g/mol. The van der Waals surface area contributed by atoms with E-state index in [0.29, 0.717) is 4.88 Å². The zero-order chi connectivity index (χ0) is 16.1. The van der Waals surface area contributed by atoms with Gasteiger partial charge >= 0.3 is 0 Å². The first-order chi connectivity index (χ1) is 11.3. The first-order valence-electron chi connectivity index (χ1n) is 8.16. The number of nitrogens with zero attached hydrogens (tertiary/aromatic N) is 1. The molecule has 3 rings (SSSR count). The Kier molecular flexibility index (Phi) is 5.41. The van der Waals surface area contributed by atoms with Crippen molar-refractivity contribution in [1.82, 2.24) is 10.3 Å². The Morgan fingerprint density at radius 2 is 2.04 bits per heavy atom. The van der Waals surface area contributed by atoms with E-state index in [0.717, 1.165) is 37.1 Å². The molecule has 1 aliphatic rings. The van der Waals surface area contributed by atoms with E-state index in [2.05, 4.69) is 22.4 Å². The summed E-state index contributed by atoms with van der Waals surface area (Å²) in [5, 5.41) is 13.5. The summed E-state index contributed by atoms with van der Waals surface area (Å²) in [4.78, 5) is 17.4. The summed E-state index contributed by atoms with van der Waals surface area (Å²) >= 11 is 1.45. The largest absolute Gasteiger partial charge is 0.396 e. The minimum atomic E-state index is -0.0628. The number of aliphatic hydroxyl groups excluding tert-OH is 1. The second kappa shape index (κ2) is 7.70. The SMILES string of the molecule is O=C(NC1CCCCC1CO)c1cnc(Cc2ccccc2)s1. The van der Waals surface area contributed by atoms with Crippen molar-refractivity contribution < 1.29 is 9.90 Å². The van der Waals surface area contributed by atoms with Crippen molar-refractivity contribution in [2.45, 2.75) is 38.1 Å². The Balaban J connectivity index is 1.62. The lowest BCUT2D eigenvalue weighted by atomic mass is 9.85.